The highest BCUT2D eigenvalue weighted by molar-refractivity contribution is 5.96. The predicted octanol–water partition coefficient (Wildman–Crippen LogP) is 1.10. The standard InChI is InChI=1S/C14H22N4O/c1-10-9-11(17-15)3-6-13(10)14(19)16-7-8-18(2)12-4-5-12/h3,6,9,12,17H,4-5,7-8,15H2,1-2H3,(H,16,19). The van der Waals surface area contributed by atoms with E-state index in [-0.39, 0.29) is 5.91 Å². The number of benzene rings is 1. The fourth-order valence-electron chi connectivity index (χ4n) is 2.15. The maximum Gasteiger partial charge on any atom is 0.251 e. The van der Waals surface area contributed by atoms with Crippen LogP contribution in [0.1, 0.15) is 28.8 Å². The first-order chi connectivity index (χ1) is 9.11. The first kappa shape index (κ1) is 13.8. The van der Waals surface area contributed by atoms with Crippen LogP contribution in [0.4, 0.5) is 5.69 Å². The van der Waals surface area contributed by atoms with Gasteiger partial charge < -0.3 is 15.6 Å². The van der Waals surface area contributed by atoms with Crippen molar-refractivity contribution in [3.8, 4) is 0 Å². The van der Waals surface area contributed by atoms with Crippen LogP contribution in [-0.2, 0) is 0 Å². The van der Waals surface area contributed by atoms with E-state index in [1.54, 1.807) is 12.1 Å². The molecule has 0 radical (unpaired) electrons. The summed E-state index contributed by atoms with van der Waals surface area (Å²) < 4.78 is 0. The number of hydrogen-bond acceptors (Lipinski definition) is 4. The largest absolute Gasteiger partial charge is 0.351 e. The summed E-state index contributed by atoms with van der Waals surface area (Å²) in [4.78, 5) is 14.4. The van der Waals surface area contributed by atoms with Crippen LogP contribution < -0.4 is 16.6 Å². The molecule has 1 aliphatic carbocycles. The Hall–Kier alpha value is -1.59. The quantitative estimate of drug-likeness (QED) is 0.530. The van der Waals surface area contributed by atoms with Crippen molar-refractivity contribution in [2.24, 2.45) is 5.84 Å². The van der Waals surface area contributed by atoms with Crippen molar-refractivity contribution < 1.29 is 4.79 Å². The highest BCUT2D eigenvalue weighted by Crippen LogP contribution is 2.24. The van der Waals surface area contributed by atoms with Crippen LogP contribution in [0.25, 0.3) is 0 Å². The van der Waals surface area contributed by atoms with Gasteiger partial charge >= 0.3 is 0 Å². The average molecular weight is 262 g/mol. The van der Waals surface area contributed by atoms with Gasteiger partial charge in [-0.1, -0.05) is 0 Å². The summed E-state index contributed by atoms with van der Waals surface area (Å²) in [5, 5.41) is 2.96. The molecule has 1 aliphatic rings. The van der Waals surface area contributed by atoms with Crippen LogP contribution in [0, 0.1) is 6.92 Å². The van der Waals surface area contributed by atoms with E-state index in [1.165, 1.54) is 12.8 Å². The van der Waals surface area contributed by atoms with Crippen molar-refractivity contribution >= 4 is 11.6 Å². The van der Waals surface area contributed by atoms with Crippen molar-refractivity contribution in [1.29, 1.82) is 0 Å². The molecule has 1 fully saturated rings. The lowest BCUT2D eigenvalue weighted by Crippen LogP contribution is -2.34. The number of carbonyl (C=O) groups is 1. The molecule has 1 aromatic rings. The molecular formula is C14H22N4O. The number of nitrogens with zero attached hydrogens (tertiary/aromatic N) is 1. The number of nitrogen functional groups attached to an aromatic ring is 1. The molecule has 0 aromatic heterocycles. The van der Waals surface area contributed by atoms with Gasteiger partial charge in [0.25, 0.3) is 5.91 Å². The number of rotatable bonds is 6. The van der Waals surface area contributed by atoms with Gasteiger partial charge in [-0.05, 0) is 50.6 Å². The maximum absolute atomic E-state index is 12.1. The molecule has 0 heterocycles. The Kier molecular flexibility index (Phi) is 4.39. The average Bonchev–Trinajstić information content (AvgIpc) is 3.22. The maximum atomic E-state index is 12.1. The summed E-state index contributed by atoms with van der Waals surface area (Å²) >= 11 is 0. The lowest BCUT2D eigenvalue weighted by molar-refractivity contribution is 0.0949. The van der Waals surface area contributed by atoms with E-state index in [0.29, 0.717) is 12.1 Å². The predicted molar refractivity (Wildman–Crippen MR) is 77.0 cm³/mol. The zero-order valence-electron chi connectivity index (χ0n) is 11.6. The normalized spacial score (nSPS) is 14.5. The summed E-state index contributed by atoms with van der Waals surface area (Å²) in [5.41, 5.74) is 5.00. The second kappa shape index (κ2) is 6.04. The molecule has 104 valence electrons. The van der Waals surface area contributed by atoms with Gasteiger partial charge in [-0.2, -0.15) is 0 Å². The second-order valence-electron chi connectivity index (χ2n) is 5.14. The van der Waals surface area contributed by atoms with E-state index in [2.05, 4.69) is 22.7 Å². The monoisotopic (exact) mass is 262 g/mol. The van der Waals surface area contributed by atoms with Crippen LogP contribution in [0.3, 0.4) is 0 Å². The molecule has 2 rings (SSSR count). The number of nitrogens with one attached hydrogen (secondary N) is 2. The Morgan fingerprint density at radius 1 is 1.47 bits per heavy atom. The lowest BCUT2D eigenvalue weighted by Gasteiger charge is -2.16. The minimum absolute atomic E-state index is 0.0229. The van der Waals surface area contributed by atoms with Gasteiger partial charge in [0.05, 0.1) is 0 Å². The molecule has 1 aromatic carbocycles. The molecular weight excluding hydrogens is 240 g/mol. The van der Waals surface area contributed by atoms with Crippen LogP contribution >= 0.6 is 0 Å². The first-order valence-electron chi connectivity index (χ1n) is 6.67. The van der Waals surface area contributed by atoms with Crippen molar-refractivity contribution in [3.63, 3.8) is 0 Å². The number of hydrogen-bond donors (Lipinski definition) is 3. The molecule has 0 unspecified atom stereocenters. The molecule has 0 bridgehead atoms. The van der Waals surface area contributed by atoms with Crippen LogP contribution in [0.15, 0.2) is 18.2 Å². The SMILES string of the molecule is Cc1cc(NN)ccc1C(=O)NCCN(C)C1CC1. The molecule has 0 saturated heterocycles. The van der Waals surface area contributed by atoms with Crippen molar-refractivity contribution in [2.75, 3.05) is 25.6 Å². The fraction of sp³-hybridized carbons (Fsp3) is 0.500. The van der Waals surface area contributed by atoms with Gasteiger partial charge in [-0.15, -0.1) is 0 Å². The Morgan fingerprint density at radius 3 is 2.79 bits per heavy atom. The molecule has 19 heavy (non-hydrogen) atoms. The van der Waals surface area contributed by atoms with Gasteiger partial charge in [-0.25, -0.2) is 0 Å². The van der Waals surface area contributed by atoms with Crippen LogP contribution in [0.2, 0.25) is 0 Å². The van der Waals surface area contributed by atoms with Crippen LogP contribution in [-0.4, -0.2) is 37.0 Å². The van der Waals surface area contributed by atoms with Crippen molar-refractivity contribution in [3.05, 3.63) is 29.3 Å². The van der Waals surface area contributed by atoms with Crippen LogP contribution in [0.5, 0.6) is 0 Å². The van der Waals surface area contributed by atoms with Gasteiger partial charge in [0.1, 0.15) is 0 Å². The molecule has 5 nitrogen and oxygen atoms in total. The Bertz CT molecular complexity index is 457. The molecule has 0 aliphatic heterocycles. The lowest BCUT2D eigenvalue weighted by atomic mass is 10.1. The Morgan fingerprint density at radius 2 is 2.21 bits per heavy atom. The number of likely N-dealkylation sites (N-methyl/N-ethyl adjacent to an activating group) is 1. The molecule has 5 heteroatoms. The number of aryl methyl sites for hydroxylation is 1. The van der Waals surface area contributed by atoms with E-state index in [4.69, 9.17) is 5.84 Å². The summed E-state index contributed by atoms with van der Waals surface area (Å²) in [6.45, 7) is 3.49. The molecule has 1 saturated carbocycles. The highest BCUT2D eigenvalue weighted by Gasteiger charge is 2.25. The zero-order chi connectivity index (χ0) is 13.8. The molecule has 0 atom stereocenters. The van der Waals surface area contributed by atoms with Gasteiger partial charge in [-0.3, -0.25) is 10.6 Å². The number of carbonyl (C=O) groups excluding carboxylic acids is 1. The summed E-state index contributed by atoms with van der Waals surface area (Å²) in [6, 6.07) is 6.20. The van der Waals surface area contributed by atoms with Gasteiger partial charge in [0.15, 0.2) is 0 Å². The van der Waals surface area contributed by atoms with E-state index in [1.807, 2.05) is 13.0 Å². The van der Waals surface area contributed by atoms with E-state index in [0.717, 1.165) is 23.8 Å². The topological polar surface area (TPSA) is 70.4 Å². The number of nitrogens with two attached hydrogens (primary N) is 1. The third-order valence-electron chi connectivity index (χ3n) is 3.56. The van der Waals surface area contributed by atoms with E-state index >= 15 is 0 Å². The molecule has 1 amide bonds. The number of amides is 1. The van der Waals surface area contributed by atoms with E-state index in [9.17, 15) is 4.79 Å². The number of hydrazine groups is 1. The third kappa shape index (κ3) is 3.68. The van der Waals surface area contributed by atoms with E-state index < -0.39 is 0 Å². The third-order valence-corrected chi connectivity index (χ3v) is 3.56. The minimum Gasteiger partial charge on any atom is -0.351 e. The highest BCUT2D eigenvalue weighted by atomic mass is 16.1. The summed E-state index contributed by atoms with van der Waals surface area (Å²) in [7, 11) is 2.11. The van der Waals surface area contributed by atoms with Gasteiger partial charge in [0.2, 0.25) is 0 Å². The smallest absolute Gasteiger partial charge is 0.251 e. The summed E-state index contributed by atoms with van der Waals surface area (Å²) in [5.74, 6) is 5.31. The van der Waals surface area contributed by atoms with Crippen molar-refractivity contribution in [1.82, 2.24) is 10.2 Å². The molecule has 0 spiro atoms. The zero-order valence-corrected chi connectivity index (χ0v) is 11.6. The molecule has 4 N–H and O–H groups in total. The second-order valence-corrected chi connectivity index (χ2v) is 5.14. The van der Waals surface area contributed by atoms with Gasteiger partial charge in [0, 0.05) is 30.4 Å². The van der Waals surface area contributed by atoms with Crippen molar-refractivity contribution in [2.45, 2.75) is 25.8 Å². The Labute approximate surface area is 114 Å². The first-order valence-corrected chi connectivity index (χ1v) is 6.67. The Balaban J connectivity index is 1.85. The number of anilines is 1. The minimum atomic E-state index is -0.0229. The fourth-order valence-corrected chi connectivity index (χ4v) is 2.15. The summed E-state index contributed by atoms with van der Waals surface area (Å²) in [6.07, 6.45) is 2.58.